The van der Waals surface area contributed by atoms with Crippen LogP contribution in [0.15, 0.2) is 48.5 Å². The summed E-state index contributed by atoms with van der Waals surface area (Å²) in [5.74, 6) is -0.701. The minimum Gasteiger partial charge on any atom is -0.376 e. The van der Waals surface area contributed by atoms with E-state index in [2.05, 4.69) is 21.3 Å². The molecule has 2 aliphatic rings. The van der Waals surface area contributed by atoms with Crippen LogP contribution in [-0.2, 0) is 9.53 Å². The molecule has 8 heteroatoms. The number of hydrogen-bond donors (Lipinski definition) is 4. The van der Waals surface area contributed by atoms with Crippen molar-refractivity contribution in [2.45, 2.75) is 50.7 Å². The molecule has 180 valence electrons. The highest BCUT2D eigenvalue weighted by molar-refractivity contribution is 6.05. The zero-order chi connectivity index (χ0) is 23.8. The first kappa shape index (κ1) is 23.8. The molecule has 3 amide bonds. The average molecular weight is 465 g/mol. The van der Waals surface area contributed by atoms with E-state index in [9.17, 15) is 14.4 Å². The first-order valence-corrected chi connectivity index (χ1v) is 12.0. The van der Waals surface area contributed by atoms with Crippen molar-refractivity contribution in [3.63, 3.8) is 0 Å². The molecule has 2 aromatic carbocycles. The molecule has 34 heavy (non-hydrogen) atoms. The molecule has 1 saturated carbocycles. The van der Waals surface area contributed by atoms with Crippen molar-refractivity contribution in [2.75, 3.05) is 30.3 Å². The number of benzene rings is 2. The Labute approximate surface area is 199 Å². The van der Waals surface area contributed by atoms with Crippen LogP contribution in [0.3, 0.4) is 0 Å². The molecule has 8 nitrogen and oxygen atoms in total. The Hall–Kier alpha value is -3.39. The second kappa shape index (κ2) is 11.7. The lowest BCUT2D eigenvalue weighted by molar-refractivity contribution is -0.114. The second-order valence-corrected chi connectivity index (χ2v) is 8.79. The lowest BCUT2D eigenvalue weighted by atomic mass is 10.1. The largest absolute Gasteiger partial charge is 0.376 e. The summed E-state index contributed by atoms with van der Waals surface area (Å²) in [6, 6.07) is 14.2. The van der Waals surface area contributed by atoms with Crippen LogP contribution in [0.25, 0.3) is 0 Å². The number of anilines is 2. The van der Waals surface area contributed by atoms with Gasteiger partial charge in [0.2, 0.25) is 5.91 Å². The Bertz CT molecular complexity index is 1010. The van der Waals surface area contributed by atoms with Gasteiger partial charge in [0, 0.05) is 24.9 Å². The van der Waals surface area contributed by atoms with Crippen LogP contribution in [0.4, 0.5) is 11.4 Å². The fourth-order valence-corrected chi connectivity index (χ4v) is 4.44. The molecule has 0 spiro atoms. The maximum absolute atomic E-state index is 12.7. The quantitative estimate of drug-likeness (QED) is 0.455. The summed E-state index contributed by atoms with van der Waals surface area (Å²) in [6.45, 7) is 1.15. The van der Waals surface area contributed by atoms with E-state index >= 15 is 0 Å². The molecule has 2 aromatic rings. The van der Waals surface area contributed by atoms with Gasteiger partial charge in [0.05, 0.1) is 29.5 Å². The maximum atomic E-state index is 12.7. The Morgan fingerprint density at radius 2 is 1.50 bits per heavy atom. The van der Waals surface area contributed by atoms with Crippen LogP contribution in [0, 0.1) is 0 Å². The van der Waals surface area contributed by atoms with Gasteiger partial charge in [0.15, 0.2) is 0 Å². The number of carbonyl (C=O) groups excluding carboxylic acids is 3. The summed E-state index contributed by atoms with van der Waals surface area (Å²) < 4.78 is 5.56. The molecule has 0 bridgehead atoms. The van der Waals surface area contributed by atoms with E-state index < -0.39 is 0 Å². The highest BCUT2D eigenvalue weighted by Crippen LogP contribution is 2.21. The molecule has 1 heterocycles. The molecule has 1 saturated heterocycles. The number of ether oxygens (including phenoxy) is 1. The van der Waals surface area contributed by atoms with Crippen molar-refractivity contribution < 1.29 is 19.1 Å². The van der Waals surface area contributed by atoms with Crippen molar-refractivity contribution in [3.8, 4) is 0 Å². The summed E-state index contributed by atoms with van der Waals surface area (Å²) in [5, 5.41) is 11.8. The zero-order valence-electron chi connectivity index (χ0n) is 19.3. The zero-order valence-corrected chi connectivity index (χ0v) is 19.3. The molecule has 1 unspecified atom stereocenters. The first-order chi connectivity index (χ1) is 16.6. The summed E-state index contributed by atoms with van der Waals surface area (Å²) in [5.41, 5.74) is 1.93. The normalized spacial score (nSPS) is 17.8. The number of para-hydroxylation sites is 2. The van der Waals surface area contributed by atoms with Crippen LogP contribution >= 0.6 is 0 Å². The van der Waals surface area contributed by atoms with E-state index in [-0.39, 0.29) is 36.4 Å². The molecule has 1 aliphatic carbocycles. The Morgan fingerprint density at radius 3 is 2.21 bits per heavy atom. The smallest absolute Gasteiger partial charge is 0.253 e. The van der Waals surface area contributed by atoms with E-state index in [1.165, 1.54) is 0 Å². The summed E-state index contributed by atoms with van der Waals surface area (Å²) in [6.07, 6.45) is 6.25. The third-order valence-corrected chi connectivity index (χ3v) is 6.26. The molecular formula is C26H32N4O4. The van der Waals surface area contributed by atoms with Gasteiger partial charge in [-0.05, 0) is 49.9 Å². The van der Waals surface area contributed by atoms with Crippen LogP contribution in [0.5, 0.6) is 0 Å². The van der Waals surface area contributed by atoms with Gasteiger partial charge in [0.25, 0.3) is 11.8 Å². The van der Waals surface area contributed by atoms with Crippen molar-refractivity contribution >= 4 is 29.1 Å². The van der Waals surface area contributed by atoms with Crippen molar-refractivity contribution in [1.29, 1.82) is 0 Å². The average Bonchev–Trinajstić information content (AvgIpc) is 3.56. The van der Waals surface area contributed by atoms with Crippen LogP contribution in [0.2, 0.25) is 0 Å². The predicted octanol–water partition coefficient (Wildman–Crippen LogP) is 3.32. The number of rotatable bonds is 9. The molecule has 4 N–H and O–H groups in total. The molecule has 1 aliphatic heterocycles. The number of nitrogens with one attached hydrogen (secondary N) is 4. The van der Waals surface area contributed by atoms with Crippen molar-refractivity contribution in [3.05, 3.63) is 59.7 Å². The summed E-state index contributed by atoms with van der Waals surface area (Å²) in [7, 11) is 0. The van der Waals surface area contributed by atoms with Crippen LogP contribution in [-0.4, -0.2) is 49.6 Å². The van der Waals surface area contributed by atoms with Gasteiger partial charge in [-0.1, -0.05) is 37.1 Å². The van der Waals surface area contributed by atoms with Gasteiger partial charge >= 0.3 is 0 Å². The highest BCUT2D eigenvalue weighted by atomic mass is 16.5. The van der Waals surface area contributed by atoms with Gasteiger partial charge in [-0.25, -0.2) is 0 Å². The van der Waals surface area contributed by atoms with Gasteiger partial charge in [-0.2, -0.15) is 0 Å². The third-order valence-electron chi connectivity index (χ3n) is 6.26. The predicted molar refractivity (Wildman–Crippen MR) is 131 cm³/mol. The van der Waals surface area contributed by atoms with Gasteiger partial charge in [-0.15, -0.1) is 0 Å². The van der Waals surface area contributed by atoms with E-state index in [0.717, 1.165) is 45.1 Å². The fourth-order valence-electron chi connectivity index (χ4n) is 4.44. The van der Waals surface area contributed by atoms with E-state index in [0.29, 0.717) is 29.0 Å². The monoisotopic (exact) mass is 464 g/mol. The van der Waals surface area contributed by atoms with E-state index in [4.69, 9.17) is 4.74 Å². The van der Waals surface area contributed by atoms with Crippen molar-refractivity contribution in [1.82, 2.24) is 10.6 Å². The number of carbonyl (C=O) groups is 3. The van der Waals surface area contributed by atoms with Crippen molar-refractivity contribution in [2.24, 2.45) is 0 Å². The van der Waals surface area contributed by atoms with E-state index in [1.54, 1.807) is 48.5 Å². The van der Waals surface area contributed by atoms with Gasteiger partial charge in [-0.3, -0.25) is 14.4 Å². The molecule has 4 rings (SSSR count). The Kier molecular flexibility index (Phi) is 8.14. The molecule has 0 radical (unpaired) electrons. The highest BCUT2D eigenvalue weighted by Gasteiger charge is 2.21. The molecular weight excluding hydrogens is 432 g/mol. The number of hydrogen-bond acceptors (Lipinski definition) is 5. The van der Waals surface area contributed by atoms with Gasteiger partial charge < -0.3 is 26.0 Å². The first-order valence-electron chi connectivity index (χ1n) is 12.0. The fraction of sp³-hybridized carbons (Fsp3) is 0.423. The second-order valence-electron chi connectivity index (χ2n) is 8.79. The molecule has 0 aromatic heterocycles. The van der Waals surface area contributed by atoms with Crippen LogP contribution < -0.4 is 21.3 Å². The summed E-state index contributed by atoms with van der Waals surface area (Å²) in [4.78, 5) is 38.1. The lowest BCUT2D eigenvalue weighted by Crippen LogP contribution is -2.33. The SMILES string of the molecule is O=C(CNc1ccccc1C(=O)NCC1CCCO1)Nc1ccccc1C(=O)NC1CCCC1. The lowest BCUT2D eigenvalue weighted by Gasteiger charge is -2.16. The maximum Gasteiger partial charge on any atom is 0.253 e. The Balaban J connectivity index is 1.33. The molecule has 1 atom stereocenters. The topological polar surface area (TPSA) is 109 Å². The van der Waals surface area contributed by atoms with Gasteiger partial charge in [0.1, 0.15) is 0 Å². The van der Waals surface area contributed by atoms with Crippen LogP contribution in [0.1, 0.15) is 59.2 Å². The minimum atomic E-state index is -0.310. The number of amides is 3. The molecule has 2 fully saturated rings. The minimum absolute atomic E-state index is 0.0470. The van der Waals surface area contributed by atoms with E-state index in [1.807, 2.05) is 0 Å². The Morgan fingerprint density at radius 1 is 0.824 bits per heavy atom. The summed E-state index contributed by atoms with van der Waals surface area (Å²) >= 11 is 0. The third kappa shape index (κ3) is 6.35. The standard InChI is InChI=1S/C26H32N4O4/c31-24(30-23-14-6-4-12-21(23)26(33)29-18-8-1-2-9-18)17-27-22-13-5-3-11-20(22)25(32)28-16-19-10-7-15-34-19/h3-6,11-14,18-19,27H,1-2,7-10,15-17H2,(H,28,32)(H,29,33)(H,30,31).